The number of aromatic amines is 1. The van der Waals surface area contributed by atoms with E-state index in [0.29, 0.717) is 0 Å². The standard InChI is InChI=1S/C5H6N12O6/c18-15(19)4-6-3(9-16(20)21)13(8-4)1-2-14-5(7-11-12-14)10-17(22)23/h1-2H2,(H,6,8,9)(H,7,10,12). The summed E-state index contributed by atoms with van der Waals surface area (Å²) in [6.07, 6.45) is 0. The Kier molecular flexibility index (Phi) is 4.15. The molecule has 23 heavy (non-hydrogen) atoms. The van der Waals surface area contributed by atoms with Gasteiger partial charge in [0.15, 0.2) is 10.1 Å². The Morgan fingerprint density at radius 2 is 1.96 bits per heavy atom. The highest BCUT2D eigenvalue weighted by atomic mass is 16.7. The fourth-order valence-corrected chi connectivity index (χ4v) is 1.44. The van der Waals surface area contributed by atoms with E-state index in [2.05, 4.69) is 30.7 Å². The van der Waals surface area contributed by atoms with Crippen LogP contribution in [-0.2, 0) is 13.1 Å². The summed E-state index contributed by atoms with van der Waals surface area (Å²) in [5.74, 6) is -1.33. The van der Waals surface area contributed by atoms with Gasteiger partial charge in [0.05, 0.1) is 13.1 Å². The summed E-state index contributed by atoms with van der Waals surface area (Å²) in [5, 5.41) is 44.7. The van der Waals surface area contributed by atoms with Crippen molar-refractivity contribution in [3.8, 4) is 0 Å². The van der Waals surface area contributed by atoms with Gasteiger partial charge in [0.25, 0.3) is 0 Å². The summed E-state index contributed by atoms with van der Waals surface area (Å²) >= 11 is 0. The summed E-state index contributed by atoms with van der Waals surface area (Å²) < 4.78 is 1.87. The molecular formula is C5H6N12O6. The van der Waals surface area contributed by atoms with E-state index in [1.165, 1.54) is 0 Å². The molecule has 0 bridgehead atoms. The van der Waals surface area contributed by atoms with E-state index in [-0.39, 0.29) is 18.7 Å². The average molecular weight is 330 g/mol. The summed E-state index contributed by atoms with van der Waals surface area (Å²) in [5.41, 5.74) is 1.28. The van der Waals surface area contributed by atoms with E-state index < -0.39 is 26.9 Å². The SMILES string of the molecule is O=[N+]([O-])/N=c1\nn[nH]n1CCn1nc([N+](=O)[O-])nc1N[N+](=O)[O-]. The van der Waals surface area contributed by atoms with Crippen molar-refractivity contribution in [3.05, 3.63) is 36.0 Å². The maximum atomic E-state index is 10.6. The molecule has 122 valence electrons. The van der Waals surface area contributed by atoms with E-state index >= 15 is 0 Å². The van der Waals surface area contributed by atoms with Gasteiger partial charge < -0.3 is 10.1 Å². The molecule has 0 aromatic carbocycles. The molecule has 18 nitrogen and oxygen atoms in total. The lowest BCUT2D eigenvalue weighted by atomic mass is 10.6. The normalized spacial score (nSPS) is 11.4. The minimum atomic E-state index is -0.992. The van der Waals surface area contributed by atoms with Crippen LogP contribution in [0.1, 0.15) is 0 Å². The van der Waals surface area contributed by atoms with Gasteiger partial charge in [-0.25, -0.2) is 24.9 Å². The molecule has 0 spiro atoms. The van der Waals surface area contributed by atoms with Gasteiger partial charge in [0.1, 0.15) is 5.10 Å². The zero-order chi connectivity index (χ0) is 17.0. The van der Waals surface area contributed by atoms with E-state index in [9.17, 15) is 30.3 Å². The Labute approximate surface area is 122 Å². The minimum absolute atomic E-state index is 0.105. The van der Waals surface area contributed by atoms with Crippen molar-refractivity contribution in [2.24, 2.45) is 5.10 Å². The number of H-pyrrole nitrogens is 1. The first-order valence-corrected chi connectivity index (χ1v) is 5.54. The highest BCUT2D eigenvalue weighted by molar-refractivity contribution is 5.25. The zero-order valence-electron chi connectivity index (χ0n) is 10.8. The molecule has 0 radical (unpaired) electrons. The third-order valence-electron chi connectivity index (χ3n) is 2.27. The highest BCUT2D eigenvalue weighted by Crippen LogP contribution is 2.10. The first kappa shape index (κ1) is 15.4. The molecule has 18 heteroatoms. The summed E-state index contributed by atoms with van der Waals surface area (Å²) in [4.78, 5) is 33.8. The van der Waals surface area contributed by atoms with Crippen molar-refractivity contribution in [2.45, 2.75) is 13.1 Å². The zero-order valence-corrected chi connectivity index (χ0v) is 10.8. The third-order valence-corrected chi connectivity index (χ3v) is 2.27. The molecule has 2 aromatic rings. The number of anilines is 1. The molecule has 2 aromatic heterocycles. The molecule has 2 N–H and O–H groups in total. The Hall–Kier alpha value is -3.99. The molecule has 0 saturated carbocycles. The number of hydrogen-bond donors (Lipinski definition) is 2. The van der Waals surface area contributed by atoms with Crippen LogP contribution in [0, 0.1) is 30.3 Å². The summed E-state index contributed by atoms with van der Waals surface area (Å²) in [7, 11) is 0. The molecular weight excluding hydrogens is 324 g/mol. The van der Waals surface area contributed by atoms with Gasteiger partial charge in [0.2, 0.25) is 0 Å². The fourth-order valence-electron chi connectivity index (χ4n) is 1.44. The van der Waals surface area contributed by atoms with Crippen LogP contribution >= 0.6 is 0 Å². The minimum Gasteiger partial charge on any atom is -0.390 e. The first-order chi connectivity index (χ1) is 10.9. The van der Waals surface area contributed by atoms with Crippen molar-refractivity contribution in [3.63, 3.8) is 0 Å². The fraction of sp³-hybridized carbons (Fsp3) is 0.400. The number of aryl methyl sites for hydroxylation is 2. The largest absolute Gasteiger partial charge is 0.493 e. The van der Waals surface area contributed by atoms with Crippen LogP contribution in [0.25, 0.3) is 0 Å². The predicted octanol–water partition coefficient (Wildman–Crippen LogP) is -2.50. The molecule has 0 saturated heterocycles. The molecule has 0 amide bonds. The first-order valence-electron chi connectivity index (χ1n) is 5.54. The molecule has 0 unspecified atom stereocenters. The van der Waals surface area contributed by atoms with Crippen molar-refractivity contribution >= 4 is 11.9 Å². The van der Waals surface area contributed by atoms with Gasteiger partial charge in [-0.1, -0.05) is 10.5 Å². The van der Waals surface area contributed by atoms with E-state index in [1.807, 2.05) is 0 Å². The molecule has 0 aliphatic rings. The number of nitro groups is 3. The number of hydrazine groups is 1. The topological polar surface area (TPSA) is 231 Å². The van der Waals surface area contributed by atoms with E-state index in [0.717, 1.165) is 9.36 Å². The van der Waals surface area contributed by atoms with Crippen molar-refractivity contribution in [1.82, 2.24) is 35.0 Å². The number of hydrogen-bond acceptors (Lipinski definition) is 10. The van der Waals surface area contributed by atoms with Crippen molar-refractivity contribution < 1.29 is 15.0 Å². The van der Waals surface area contributed by atoms with Crippen LogP contribution in [0.5, 0.6) is 0 Å². The molecule has 0 aliphatic heterocycles. The van der Waals surface area contributed by atoms with Crippen LogP contribution < -0.4 is 11.0 Å². The van der Waals surface area contributed by atoms with Gasteiger partial charge in [0, 0.05) is 5.10 Å². The van der Waals surface area contributed by atoms with Gasteiger partial charge in [-0.2, -0.15) is 5.21 Å². The number of tetrazole rings is 1. The molecule has 0 fully saturated rings. The second-order valence-corrected chi connectivity index (χ2v) is 3.67. The monoisotopic (exact) mass is 330 g/mol. The quantitative estimate of drug-likeness (QED) is 0.397. The Bertz CT molecular complexity index is 814. The Morgan fingerprint density at radius 1 is 1.22 bits per heavy atom. The van der Waals surface area contributed by atoms with Gasteiger partial charge in [-0.15, -0.1) is 4.68 Å². The predicted molar refractivity (Wildman–Crippen MR) is 64.2 cm³/mol. The van der Waals surface area contributed by atoms with Crippen molar-refractivity contribution in [1.29, 1.82) is 0 Å². The lowest BCUT2D eigenvalue weighted by Gasteiger charge is -1.99. The molecule has 2 rings (SSSR count). The van der Waals surface area contributed by atoms with Gasteiger partial charge in [-0.05, 0) is 15.1 Å². The highest BCUT2D eigenvalue weighted by Gasteiger charge is 2.24. The van der Waals surface area contributed by atoms with Gasteiger partial charge in [-0.3, -0.25) is 0 Å². The smallest absolute Gasteiger partial charge is 0.390 e. The van der Waals surface area contributed by atoms with Crippen LogP contribution in [0.3, 0.4) is 0 Å². The third kappa shape index (κ3) is 3.77. The number of rotatable bonds is 7. The second kappa shape index (κ2) is 6.19. The van der Waals surface area contributed by atoms with Crippen LogP contribution in [0.4, 0.5) is 11.9 Å². The number of aromatic nitrogens is 7. The molecule has 0 atom stereocenters. The van der Waals surface area contributed by atoms with E-state index in [4.69, 9.17) is 0 Å². The van der Waals surface area contributed by atoms with E-state index in [1.54, 1.807) is 5.43 Å². The van der Waals surface area contributed by atoms with Crippen LogP contribution in [0.2, 0.25) is 0 Å². The van der Waals surface area contributed by atoms with Crippen molar-refractivity contribution in [2.75, 3.05) is 5.43 Å². The average Bonchev–Trinajstić information content (AvgIpc) is 3.02. The summed E-state index contributed by atoms with van der Waals surface area (Å²) in [6.45, 7) is -0.279. The molecule has 2 heterocycles. The van der Waals surface area contributed by atoms with Gasteiger partial charge >= 0.3 is 17.5 Å². The maximum absolute atomic E-state index is 10.6. The molecule has 0 aliphatic carbocycles. The van der Waals surface area contributed by atoms with Crippen LogP contribution in [0.15, 0.2) is 5.10 Å². The van der Waals surface area contributed by atoms with Crippen LogP contribution in [-0.4, -0.2) is 50.0 Å². The lowest BCUT2D eigenvalue weighted by Crippen LogP contribution is -2.25. The summed E-state index contributed by atoms with van der Waals surface area (Å²) in [6, 6.07) is 0. The Balaban J connectivity index is 2.23. The number of nitrogens with one attached hydrogen (secondary N) is 2. The number of nitrogens with zero attached hydrogens (tertiary/aromatic N) is 10. The maximum Gasteiger partial charge on any atom is 0.493 e. The second-order valence-electron chi connectivity index (χ2n) is 3.67. The lowest BCUT2D eigenvalue weighted by molar-refractivity contribution is -0.491. The Morgan fingerprint density at radius 3 is 2.57 bits per heavy atom.